The molecule has 32 heavy (non-hydrogen) atoms. The van der Waals surface area contributed by atoms with Crippen LogP contribution in [0.5, 0.6) is 11.5 Å². The molecule has 0 radical (unpaired) electrons. The first-order chi connectivity index (χ1) is 15.5. The maximum atomic E-state index is 12.8. The number of benzene rings is 1. The van der Waals surface area contributed by atoms with Crippen molar-refractivity contribution in [2.24, 2.45) is 0 Å². The third-order valence-corrected chi connectivity index (χ3v) is 7.15. The molecule has 0 aliphatic carbocycles. The number of nitrogens with zero attached hydrogens (tertiary/aromatic N) is 2. The number of carbonyl (C=O) groups is 1. The van der Waals surface area contributed by atoms with Crippen LogP contribution < -0.4 is 24.7 Å². The predicted molar refractivity (Wildman–Crippen MR) is 117 cm³/mol. The summed E-state index contributed by atoms with van der Waals surface area (Å²) in [7, 11) is -3.58. The number of sulfonamides is 1. The van der Waals surface area contributed by atoms with Crippen molar-refractivity contribution >= 4 is 27.4 Å². The maximum Gasteiger partial charge on any atom is 0.274 e. The van der Waals surface area contributed by atoms with Gasteiger partial charge in [-0.05, 0) is 25.1 Å². The molecule has 0 atom stereocenters. The zero-order chi connectivity index (χ0) is 22.6. The van der Waals surface area contributed by atoms with Gasteiger partial charge >= 0.3 is 0 Å². The van der Waals surface area contributed by atoms with Gasteiger partial charge in [-0.2, -0.15) is 4.31 Å². The Kier molecular flexibility index (Phi) is 6.77. The Morgan fingerprint density at radius 2 is 1.84 bits per heavy atom. The van der Waals surface area contributed by atoms with Crippen molar-refractivity contribution in [2.45, 2.75) is 11.8 Å². The Hall–Kier alpha value is -2.89. The highest BCUT2D eigenvalue weighted by Gasteiger charge is 2.28. The summed E-state index contributed by atoms with van der Waals surface area (Å²) in [6.07, 6.45) is 1.46. The number of carbonyl (C=O) groups excluding carboxylic acids is 1. The Morgan fingerprint density at radius 3 is 2.53 bits per heavy atom. The summed E-state index contributed by atoms with van der Waals surface area (Å²) in [5.74, 6) is 1.70. The van der Waals surface area contributed by atoms with Gasteiger partial charge in [0.2, 0.25) is 10.0 Å². The summed E-state index contributed by atoms with van der Waals surface area (Å²) in [6, 6.07) is 8.49. The number of fused-ring (bicyclic) bond motifs is 1. The van der Waals surface area contributed by atoms with Crippen molar-refractivity contribution in [1.82, 2.24) is 4.31 Å². The first-order valence-electron chi connectivity index (χ1n) is 10.5. The molecule has 0 spiro atoms. The Bertz CT molecular complexity index is 1050. The van der Waals surface area contributed by atoms with Crippen molar-refractivity contribution < 1.29 is 32.4 Å². The second-order valence-electron chi connectivity index (χ2n) is 7.35. The summed E-state index contributed by atoms with van der Waals surface area (Å²) >= 11 is 0. The third-order valence-electron chi connectivity index (χ3n) is 5.26. The number of anilines is 2. The highest BCUT2D eigenvalue weighted by atomic mass is 32.2. The van der Waals surface area contributed by atoms with E-state index in [2.05, 4.69) is 10.3 Å². The number of nitrogens with one attached hydrogen (secondary N) is 2. The molecule has 2 aromatic rings. The fraction of sp³-hybridized carbons (Fsp3) is 0.429. The van der Waals surface area contributed by atoms with Gasteiger partial charge in [0.15, 0.2) is 18.0 Å². The molecule has 0 bridgehead atoms. The Labute approximate surface area is 187 Å². The van der Waals surface area contributed by atoms with Gasteiger partial charge in [-0.15, -0.1) is 0 Å². The van der Waals surface area contributed by atoms with E-state index in [1.165, 1.54) is 10.5 Å². The average Bonchev–Trinajstić information content (AvgIpc) is 2.83. The zero-order valence-electron chi connectivity index (χ0n) is 17.9. The molecule has 1 saturated heterocycles. The SMILES string of the molecule is CCN(CC(=O)Nc1ccc2c(c1)OCCO2)c1ccc(S(=O)(=O)N2CCOCC2)c[nH+]1. The van der Waals surface area contributed by atoms with Crippen LogP contribution >= 0.6 is 0 Å². The van der Waals surface area contributed by atoms with Crippen LogP contribution in [-0.2, 0) is 19.6 Å². The standard InChI is InChI=1S/C21H26N4O6S/c1-2-24(15-21(26)23-16-3-5-18-19(13-16)31-12-11-30-18)20-6-4-17(14-22-20)32(27,28)25-7-9-29-10-8-25/h3-6,13-14H,2,7-12,15H2,1H3,(H,23,26)/p+1. The fourth-order valence-electron chi connectivity index (χ4n) is 3.56. The molecule has 11 heteroatoms. The van der Waals surface area contributed by atoms with E-state index < -0.39 is 10.0 Å². The lowest BCUT2D eigenvalue weighted by atomic mass is 10.2. The molecule has 2 aliphatic rings. The van der Waals surface area contributed by atoms with Crippen LogP contribution in [0.2, 0.25) is 0 Å². The lowest BCUT2D eigenvalue weighted by molar-refractivity contribution is -0.367. The second kappa shape index (κ2) is 9.72. The van der Waals surface area contributed by atoms with Gasteiger partial charge in [0.05, 0.1) is 19.8 Å². The van der Waals surface area contributed by atoms with Crippen molar-refractivity contribution in [1.29, 1.82) is 0 Å². The Balaban J connectivity index is 1.40. The molecular formula is C21H27N4O6S+. The van der Waals surface area contributed by atoms with Crippen LogP contribution in [0.15, 0.2) is 41.4 Å². The molecule has 2 N–H and O–H groups in total. The van der Waals surface area contributed by atoms with Crippen molar-refractivity contribution in [3.63, 3.8) is 0 Å². The number of likely N-dealkylation sites (N-methyl/N-ethyl adjacent to an activating group) is 1. The smallest absolute Gasteiger partial charge is 0.274 e. The molecule has 1 aromatic heterocycles. The van der Waals surface area contributed by atoms with Crippen LogP contribution in [0.1, 0.15) is 6.92 Å². The first-order valence-corrected chi connectivity index (χ1v) is 12.0. The number of aromatic nitrogens is 1. The molecule has 172 valence electrons. The third kappa shape index (κ3) is 4.95. The topological polar surface area (TPSA) is 112 Å². The van der Waals surface area contributed by atoms with E-state index in [1.807, 2.05) is 11.8 Å². The minimum absolute atomic E-state index is 0.0942. The Morgan fingerprint density at radius 1 is 1.09 bits per heavy atom. The number of hydrogen-bond donors (Lipinski definition) is 1. The van der Waals surface area contributed by atoms with Gasteiger partial charge in [0, 0.05) is 30.9 Å². The van der Waals surface area contributed by atoms with E-state index in [1.54, 1.807) is 30.3 Å². The predicted octanol–water partition coefficient (Wildman–Crippen LogP) is 0.758. The van der Waals surface area contributed by atoms with Gasteiger partial charge in [0.1, 0.15) is 24.3 Å². The monoisotopic (exact) mass is 463 g/mol. The number of rotatable bonds is 7. The number of hydrogen-bond acceptors (Lipinski definition) is 7. The van der Waals surface area contributed by atoms with Crippen LogP contribution in [-0.4, -0.2) is 71.2 Å². The number of aromatic amines is 1. The molecular weight excluding hydrogens is 436 g/mol. The summed E-state index contributed by atoms with van der Waals surface area (Å²) < 4.78 is 43.2. The minimum atomic E-state index is -3.58. The van der Waals surface area contributed by atoms with Gasteiger partial charge in [-0.1, -0.05) is 0 Å². The lowest BCUT2D eigenvalue weighted by Gasteiger charge is -2.25. The molecule has 2 aliphatic heterocycles. The van der Waals surface area contributed by atoms with Gasteiger partial charge < -0.3 is 19.5 Å². The minimum Gasteiger partial charge on any atom is -0.486 e. The van der Waals surface area contributed by atoms with Gasteiger partial charge in [-0.25, -0.2) is 13.4 Å². The number of morpholine rings is 1. The molecule has 0 saturated carbocycles. The van der Waals surface area contributed by atoms with Crippen molar-refractivity contribution in [3.05, 3.63) is 36.5 Å². The number of H-pyrrole nitrogens is 1. The molecule has 4 rings (SSSR count). The van der Waals surface area contributed by atoms with Crippen LogP contribution in [0.4, 0.5) is 11.5 Å². The van der Waals surface area contributed by atoms with E-state index in [4.69, 9.17) is 14.2 Å². The fourth-order valence-corrected chi connectivity index (χ4v) is 4.93. The molecule has 1 fully saturated rings. The summed E-state index contributed by atoms with van der Waals surface area (Å²) in [6.45, 7) is 5.01. The zero-order valence-corrected chi connectivity index (χ0v) is 18.7. The van der Waals surface area contributed by atoms with Crippen LogP contribution in [0.3, 0.4) is 0 Å². The van der Waals surface area contributed by atoms with E-state index in [9.17, 15) is 13.2 Å². The largest absolute Gasteiger partial charge is 0.486 e. The van der Waals surface area contributed by atoms with Gasteiger partial charge in [0.25, 0.3) is 11.7 Å². The van der Waals surface area contributed by atoms with Crippen LogP contribution in [0, 0.1) is 0 Å². The number of ether oxygens (including phenoxy) is 3. The molecule has 1 aromatic carbocycles. The van der Waals surface area contributed by atoms with E-state index in [0.717, 1.165) is 0 Å². The number of amides is 1. The lowest BCUT2D eigenvalue weighted by Crippen LogP contribution is -2.41. The highest BCUT2D eigenvalue weighted by molar-refractivity contribution is 7.89. The van der Waals surface area contributed by atoms with Crippen molar-refractivity contribution in [3.8, 4) is 11.5 Å². The molecule has 0 unspecified atom stereocenters. The summed E-state index contributed by atoms with van der Waals surface area (Å²) in [4.78, 5) is 17.6. The molecule has 10 nitrogen and oxygen atoms in total. The molecule has 1 amide bonds. The summed E-state index contributed by atoms with van der Waals surface area (Å²) in [5, 5.41) is 2.86. The van der Waals surface area contributed by atoms with Crippen LogP contribution in [0.25, 0.3) is 0 Å². The highest BCUT2D eigenvalue weighted by Crippen LogP contribution is 2.32. The normalized spacial score (nSPS) is 16.4. The maximum absolute atomic E-state index is 12.8. The average molecular weight is 464 g/mol. The van der Waals surface area contributed by atoms with E-state index in [-0.39, 0.29) is 17.3 Å². The first kappa shape index (κ1) is 22.3. The quantitative estimate of drug-likeness (QED) is 0.645. The second-order valence-corrected chi connectivity index (χ2v) is 9.28. The van der Waals surface area contributed by atoms with Crippen molar-refractivity contribution in [2.75, 3.05) is 62.8 Å². The summed E-state index contributed by atoms with van der Waals surface area (Å²) in [5.41, 5.74) is 0.617. The van der Waals surface area contributed by atoms with E-state index in [0.29, 0.717) is 69.1 Å². The molecule has 3 heterocycles. The van der Waals surface area contributed by atoms with Gasteiger partial charge in [-0.3, -0.25) is 9.69 Å². The number of pyridine rings is 1. The van der Waals surface area contributed by atoms with E-state index >= 15 is 0 Å².